The number of para-hydroxylation sites is 1. The number of pyridine rings is 1. The largest absolute Gasteiger partial charge is 0.439 e. The fourth-order valence-electron chi connectivity index (χ4n) is 2.20. The summed E-state index contributed by atoms with van der Waals surface area (Å²) in [4.78, 5) is 4.32. The van der Waals surface area contributed by atoms with E-state index in [0.717, 1.165) is 11.3 Å². The summed E-state index contributed by atoms with van der Waals surface area (Å²) in [5.41, 5.74) is 2.38. The van der Waals surface area contributed by atoms with E-state index in [1.165, 1.54) is 5.56 Å². The Bertz CT molecular complexity index is 602. The van der Waals surface area contributed by atoms with Gasteiger partial charge in [-0.3, -0.25) is 0 Å². The van der Waals surface area contributed by atoms with Crippen LogP contribution >= 0.6 is 0 Å². The summed E-state index contributed by atoms with van der Waals surface area (Å²) in [6, 6.07) is 12.4. The Morgan fingerprint density at radius 3 is 2.52 bits per heavy atom. The Hall–Kier alpha value is -1.87. The van der Waals surface area contributed by atoms with E-state index in [2.05, 4.69) is 44.1 Å². The zero-order chi connectivity index (χ0) is 15.5. The van der Waals surface area contributed by atoms with E-state index < -0.39 is 0 Å². The molecule has 1 aromatic heterocycles. The van der Waals surface area contributed by atoms with Crippen molar-refractivity contribution in [2.75, 3.05) is 7.05 Å². The molecule has 0 fully saturated rings. The average Bonchev–Trinajstić information content (AvgIpc) is 2.46. The van der Waals surface area contributed by atoms with Crippen molar-refractivity contribution in [3.63, 3.8) is 0 Å². The monoisotopic (exact) mass is 284 g/mol. The number of benzene rings is 1. The Labute approximate surface area is 127 Å². The highest BCUT2D eigenvalue weighted by Gasteiger charge is 2.19. The van der Waals surface area contributed by atoms with Gasteiger partial charge in [-0.05, 0) is 37.1 Å². The third kappa shape index (κ3) is 3.82. The van der Waals surface area contributed by atoms with E-state index >= 15 is 0 Å². The summed E-state index contributed by atoms with van der Waals surface area (Å²) < 4.78 is 6.03. The first-order valence-electron chi connectivity index (χ1n) is 7.32. The molecule has 0 aliphatic carbocycles. The fraction of sp³-hybridized carbons (Fsp3) is 0.389. The maximum atomic E-state index is 6.03. The molecule has 2 aromatic rings. The standard InChI is InChI=1S/C18H24N2O/c1-13(19-5)14-10-11-20-17(12-14)21-16-9-7-6-8-15(16)18(2,3)4/h6-13,19H,1-5H3. The van der Waals surface area contributed by atoms with Gasteiger partial charge in [0.1, 0.15) is 5.75 Å². The quantitative estimate of drug-likeness (QED) is 0.900. The molecule has 1 atom stereocenters. The lowest BCUT2D eigenvalue weighted by Crippen LogP contribution is -2.13. The van der Waals surface area contributed by atoms with Gasteiger partial charge < -0.3 is 10.1 Å². The molecule has 1 heterocycles. The minimum Gasteiger partial charge on any atom is -0.439 e. The topological polar surface area (TPSA) is 34.2 Å². The first-order valence-corrected chi connectivity index (χ1v) is 7.32. The number of hydrogen-bond acceptors (Lipinski definition) is 3. The molecule has 1 unspecified atom stereocenters. The summed E-state index contributed by atoms with van der Waals surface area (Å²) in [7, 11) is 1.94. The van der Waals surface area contributed by atoms with Crippen LogP contribution in [0.15, 0.2) is 42.6 Å². The zero-order valence-electron chi connectivity index (χ0n) is 13.5. The van der Waals surface area contributed by atoms with Gasteiger partial charge in [0.25, 0.3) is 0 Å². The van der Waals surface area contributed by atoms with Crippen LogP contribution < -0.4 is 10.1 Å². The maximum absolute atomic E-state index is 6.03. The normalized spacial score (nSPS) is 13.0. The molecule has 0 radical (unpaired) electrons. The number of ether oxygens (including phenoxy) is 1. The Kier molecular flexibility index (Phi) is 4.63. The molecule has 0 amide bonds. The molecule has 0 aliphatic heterocycles. The number of nitrogens with one attached hydrogen (secondary N) is 1. The first-order chi connectivity index (χ1) is 9.91. The van der Waals surface area contributed by atoms with Crippen molar-refractivity contribution in [3.05, 3.63) is 53.7 Å². The zero-order valence-corrected chi connectivity index (χ0v) is 13.5. The van der Waals surface area contributed by atoms with Crippen LogP contribution in [-0.2, 0) is 5.41 Å². The van der Waals surface area contributed by atoms with E-state index in [1.54, 1.807) is 6.20 Å². The van der Waals surface area contributed by atoms with Crippen LogP contribution in [0, 0.1) is 0 Å². The number of aromatic nitrogens is 1. The summed E-state index contributed by atoms with van der Waals surface area (Å²) in [5.74, 6) is 1.50. The Morgan fingerprint density at radius 2 is 1.86 bits per heavy atom. The van der Waals surface area contributed by atoms with Crippen molar-refractivity contribution in [3.8, 4) is 11.6 Å². The highest BCUT2D eigenvalue weighted by Crippen LogP contribution is 2.33. The third-order valence-corrected chi connectivity index (χ3v) is 3.60. The molecule has 112 valence electrons. The minimum atomic E-state index is 0.0342. The molecule has 0 aliphatic rings. The predicted molar refractivity (Wildman–Crippen MR) is 86.9 cm³/mol. The van der Waals surface area contributed by atoms with Crippen molar-refractivity contribution < 1.29 is 4.74 Å². The van der Waals surface area contributed by atoms with Crippen molar-refractivity contribution >= 4 is 0 Å². The van der Waals surface area contributed by atoms with Gasteiger partial charge in [-0.1, -0.05) is 39.0 Å². The summed E-state index contributed by atoms with van der Waals surface area (Å²) in [5, 5.41) is 3.22. The van der Waals surface area contributed by atoms with Crippen LogP contribution in [0.3, 0.4) is 0 Å². The summed E-state index contributed by atoms with van der Waals surface area (Å²) in [6.07, 6.45) is 1.79. The molecular weight excluding hydrogens is 260 g/mol. The predicted octanol–water partition coefficient (Wildman–Crippen LogP) is 4.45. The van der Waals surface area contributed by atoms with Crippen molar-refractivity contribution in [2.24, 2.45) is 0 Å². The van der Waals surface area contributed by atoms with Gasteiger partial charge in [-0.2, -0.15) is 0 Å². The van der Waals surface area contributed by atoms with E-state index in [1.807, 2.05) is 37.4 Å². The van der Waals surface area contributed by atoms with Gasteiger partial charge in [-0.25, -0.2) is 4.98 Å². The third-order valence-electron chi connectivity index (χ3n) is 3.60. The van der Waals surface area contributed by atoms with E-state index in [-0.39, 0.29) is 11.5 Å². The maximum Gasteiger partial charge on any atom is 0.219 e. The van der Waals surface area contributed by atoms with Gasteiger partial charge in [0.2, 0.25) is 5.88 Å². The van der Waals surface area contributed by atoms with E-state index in [0.29, 0.717) is 5.88 Å². The van der Waals surface area contributed by atoms with Gasteiger partial charge in [-0.15, -0.1) is 0 Å². The highest BCUT2D eigenvalue weighted by molar-refractivity contribution is 5.40. The lowest BCUT2D eigenvalue weighted by Gasteiger charge is -2.22. The second-order valence-corrected chi connectivity index (χ2v) is 6.29. The second-order valence-electron chi connectivity index (χ2n) is 6.29. The molecule has 2 rings (SSSR count). The Balaban J connectivity index is 2.31. The van der Waals surface area contributed by atoms with Crippen LogP contribution in [0.5, 0.6) is 11.6 Å². The van der Waals surface area contributed by atoms with Gasteiger partial charge in [0.15, 0.2) is 0 Å². The van der Waals surface area contributed by atoms with Crippen molar-refractivity contribution in [1.29, 1.82) is 0 Å². The van der Waals surface area contributed by atoms with Crippen LogP contribution in [0.1, 0.15) is 44.9 Å². The molecule has 0 bridgehead atoms. The van der Waals surface area contributed by atoms with E-state index in [4.69, 9.17) is 4.74 Å². The second kappa shape index (κ2) is 6.27. The Morgan fingerprint density at radius 1 is 1.14 bits per heavy atom. The molecule has 21 heavy (non-hydrogen) atoms. The van der Waals surface area contributed by atoms with Gasteiger partial charge in [0, 0.05) is 23.9 Å². The fourth-order valence-corrected chi connectivity index (χ4v) is 2.20. The van der Waals surface area contributed by atoms with Crippen LogP contribution in [0.25, 0.3) is 0 Å². The van der Waals surface area contributed by atoms with Crippen molar-refractivity contribution in [2.45, 2.75) is 39.2 Å². The molecule has 0 spiro atoms. The summed E-state index contributed by atoms with van der Waals surface area (Å²) in [6.45, 7) is 8.66. The number of rotatable bonds is 4. The van der Waals surface area contributed by atoms with Crippen LogP contribution in [-0.4, -0.2) is 12.0 Å². The first kappa shape index (κ1) is 15.5. The molecule has 3 heteroatoms. The molecule has 1 aromatic carbocycles. The highest BCUT2D eigenvalue weighted by atomic mass is 16.5. The van der Waals surface area contributed by atoms with Gasteiger partial charge >= 0.3 is 0 Å². The molecule has 3 nitrogen and oxygen atoms in total. The molecular formula is C18H24N2O. The van der Waals surface area contributed by atoms with E-state index in [9.17, 15) is 0 Å². The molecule has 1 N–H and O–H groups in total. The van der Waals surface area contributed by atoms with Crippen LogP contribution in [0.2, 0.25) is 0 Å². The minimum absolute atomic E-state index is 0.0342. The number of nitrogens with zero attached hydrogens (tertiary/aromatic N) is 1. The average molecular weight is 284 g/mol. The lowest BCUT2D eigenvalue weighted by molar-refractivity contribution is 0.438. The SMILES string of the molecule is CNC(C)c1ccnc(Oc2ccccc2C(C)(C)C)c1. The van der Waals surface area contributed by atoms with Crippen LogP contribution in [0.4, 0.5) is 0 Å². The molecule has 0 saturated heterocycles. The molecule has 0 saturated carbocycles. The van der Waals surface area contributed by atoms with Crippen molar-refractivity contribution in [1.82, 2.24) is 10.3 Å². The van der Waals surface area contributed by atoms with Gasteiger partial charge in [0.05, 0.1) is 0 Å². The smallest absolute Gasteiger partial charge is 0.219 e. The lowest BCUT2D eigenvalue weighted by atomic mass is 9.86. The summed E-state index contributed by atoms with van der Waals surface area (Å²) >= 11 is 0. The number of hydrogen-bond donors (Lipinski definition) is 1.